The lowest BCUT2D eigenvalue weighted by atomic mass is 10.2. The van der Waals surface area contributed by atoms with Crippen molar-refractivity contribution in [3.63, 3.8) is 0 Å². The summed E-state index contributed by atoms with van der Waals surface area (Å²) in [7, 11) is -0.991. The van der Waals surface area contributed by atoms with Gasteiger partial charge < -0.3 is 15.0 Å². The van der Waals surface area contributed by atoms with E-state index in [4.69, 9.17) is 4.74 Å². The van der Waals surface area contributed by atoms with Crippen molar-refractivity contribution in [2.24, 2.45) is 0 Å². The Morgan fingerprint density at radius 2 is 1.90 bits per heavy atom. The van der Waals surface area contributed by atoms with Gasteiger partial charge in [0.25, 0.3) is 0 Å². The number of carbonyl (C=O) groups is 1. The quantitative estimate of drug-likeness (QED) is 0.608. The first-order chi connectivity index (χ1) is 13.8. The monoisotopic (exact) mass is 415 g/mol. The maximum atomic E-state index is 12.8. The molecule has 0 unspecified atom stereocenters. The van der Waals surface area contributed by atoms with Crippen molar-refractivity contribution in [1.82, 2.24) is 14.6 Å². The molecular formula is C20H21N3O5S. The van der Waals surface area contributed by atoms with E-state index < -0.39 is 15.9 Å². The molecule has 0 saturated heterocycles. The standard InChI is InChI=1S/C20H21N3O5S/c1-23(13-20(25)21-12-15-5-3-4-6-18(15)28-2)29(26,27)16-8-9-17-14(11-16)7-10-19(24)22-17/h3-11H,12-13H2,1-2H3,(H,21,25)(H,22,24). The number of nitrogens with zero attached hydrogens (tertiary/aromatic N) is 1. The van der Waals surface area contributed by atoms with E-state index in [2.05, 4.69) is 10.3 Å². The second kappa shape index (κ2) is 8.46. The van der Waals surface area contributed by atoms with Crippen LogP contribution < -0.4 is 15.6 Å². The lowest BCUT2D eigenvalue weighted by molar-refractivity contribution is -0.121. The van der Waals surface area contributed by atoms with Crippen molar-refractivity contribution in [3.8, 4) is 5.75 Å². The van der Waals surface area contributed by atoms with E-state index in [0.717, 1.165) is 9.87 Å². The number of rotatable bonds is 7. The summed E-state index contributed by atoms with van der Waals surface area (Å²) in [5.74, 6) is 0.204. The molecule has 0 aliphatic heterocycles. The first kappa shape index (κ1) is 20.6. The Kier molecular flexibility index (Phi) is 6.00. The Morgan fingerprint density at radius 3 is 2.66 bits per heavy atom. The summed E-state index contributed by atoms with van der Waals surface area (Å²) in [4.78, 5) is 26.3. The molecule has 3 aromatic rings. The van der Waals surface area contributed by atoms with Gasteiger partial charge >= 0.3 is 0 Å². The van der Waals surface area contributed by atoms with Crippen LogP contribution in [0.5, 0.6) is 5.75 Å². The number of likely N-dealkylation sites (N-methyl/N-ethyl adjacent to an activating group) is 1. The van der Waals surface area contributed by atoms with Gasteiger partial charge in [0.1, 0.15) is 5.75 Å². The highest BCUT2D eigenvalue weighted by molar-refractivity contribution is 7.89. The molecule has 9 heteroatoms. The molecule has 3 rings (SSSR count). The highest BCUT2D eigenvalue weighted by Crippen LogP contribution is 2.20. The minimum absolute atomic E-state index is 0.0390. The maximum absolute atomic E-state index is 12.8. The number of methoxy groups -OCH3 is 1. The number of ether oxygens (including phenoxy) is 1. The normalized spacial score (nSPS) is 11.6. The van der Waals surface area contributed by atoms with Crippen LogP contribution in [0.25, 0.3) is 10.9 Å². The number of sulfonamides is 1. The third-order valence-corrected chi connectivity index (χ3v) is 6.24. The number of hydrogen-bond donors (Lipinski definition) is 2. The third-order valence-electron chi connectivity index (χ3n) is 4.44. The number of nitrogens with one attached hydrogen (secondary N) is 2. The topological polar surface area (TPSA) is 109 Å². The van der Waals surface area contributed by atoms with Crippen LogP contribution in [0.4, 0.5) is 0 Å². The zero-order valence-electron chi connectivity index (χ0n) is 16.0. The zero-order chi connectivity index (χ0) is 21.0. The molecule has 8 nitrogen and oxygen atoms in total. The molecule has 0 atom stereocenters. The number of para-hydroxylation sites is 1. The number of hydrogen-bond acceptors (Lipinski definition) is 5. The molecule has 29 heavy (non-hydrogen) atoms. The molecule has 0 spiro atoms. The Balaban J connectivity index is 1.70. The Bertz CT molecular complexity index is 1200. The Labute approximate surface area is 168 Å². The largest absolute Gasteiger partial charge is 0.496 e. The molecule has 0 bridgehead atoms. The van der Waals surface area contributed by atoms with Crippen LogP contribution in [-0.2, 0) is 21.4 Å². The van der Waals surface area contributed by atoms with Crippen molar-refractivity contribution in [1.29, 1.82) is 0 Å². The second-order valence-electron chi connectivity index (χ2n) is 6.42. The van der Waals surface area contributed by atoms with Gasteiger partial charge in [-0.15, -0.1) is 0 Å². The fourth-order valence-electron chi connectivity index (χ4n) is 2.86. The number of aromatic nitrogens is 1. The lowest BCUT2D eigenvalue weighted by Crippen LogP contribution is -2.38. The number of amides is 1. The summed E-state index contributed by atoms with van der Waals surface area (Å²) < 4.78 is 31.8. The fourth-order valence-corrected chi connectivity index (χ4v) is 4.02. The first-order valence-electron chi connectivity index (χ1n) is 8.79. The van der Waals surface area contributed by atoms with E-state index in [0.29, 0.717) is 16.7 Å². The van der Waals surface area contributed by atoms with Gasteiger partial charge in [0.15, 0.2) is 0 Å². The second-order valence-corrected chi connectivity index (χ2v) is 8.47. The Morgan fingerprint density at radius 1 is 1.14 bits per heavy atom. The molecule has 1 aromatic heterocycles. The van der Waals surface area contributed by atoms with E-state index in [1.54, 1.807) is 19.2 Å². The first-order valence-corrected chi connectivity index (χ1v) is 10.2. The summed E-state index contributed by atoms with van der Waals surface area (Å²) in [5, 5.41) is 3.28. The molecule has 0 radical (unpaired) electrons. The van der Waals surface area contributed by atoms with Crippen LogP contribution in [0, 0.1) is 0 Å². The molecule has 0 aliphatic rings. The lowest BCUT2D eigenvalue weighted by Gasteiger charge is -2.17. The summed E-state index contributed by atoms with van der Waals surface area (Å²) in [6.45, 7) is -0.110. The van der Waals surface area contributed by atoms with Gasteiger partial charge in [0.05, 0.1) is 18.6 Å². The van der Waals surface area contributed by atoms with E-state index in [9.17, 15) is 18.0 Å². The molecule has 2 aromatic carbocycles. The van der Waals surface area contributed by atoms with Gasteiger partial charge in [-0.3, -0.25) is 9.59 Å². The van der Waals surface area contributed by atoms with Gasteiger partial charge in [0, 0.05) is 30.7 Å². The minimum atomic E-state index is -3.88. The molecule has 2 N–H and O–H groups in total. The average Bonchev–Trinajstić information content (AvgIpc) is 2.71. The molecule has 0 aliphatic carbocycles. The number of carbonyl (C=O) groups excluding carboxylic acids is 1. The van der Waals surface area contributed by atoms with Crippen LogP contribution in [-0.4, -0.2) is 44.3 Å². The summed E-state index contributed by atoms with van der Waals surface area (Å²) in [6.07, 6.45) is 0. The van der Waals surface area contributed by atoms with Crippen LogP contribution in [0.15, 0.2) is 64.3 Å². The highest BCUT2D eigenvalue weighted by Gasteiger charge is 2.23. The van der Waals surface area contributed by atoms with Crippen molar-refractivity contribution in [2.75, 3.05) is 20.7 Å². The van der Waals surface area contributed by atoms with Crippen LogP contribution in [0.1, 0.15) is 5.56 Å². The van der Waals surface area contributed by atoms with Crippen molar-refractivity contribution in [3.05, 3.63) is 70.5 Å². The van der Waals surface area contributed by atoms with Crippen molar-refractivity contribution in [2.45, 2.75) is 11.4 Å². The molecule has 0 saturated carbocycles. The number of H-pyrrole nitrogens is 1. The third kappa shape index (κ3) is 4.64. The number of pyridine rings is 1. The number of aromatic amines is 1. The molecular weight excluding hydrogens is 394 g/mol. The van der Waals surface area contributed by atoms with Crippen molar-refractivity contribution >= 4 is 26.8 Å². The summed E-state index contributed by atoms with van der Waals surface area (Å²) >= 11 is 0. The van der Waals surface area contributed by atoms with Gasteiger partial charge in [-0.05, 0) is 35.7 Å². The van der Waals surface area contributed by atoms with Crippen molar-refractivity contribution < 1.29 is 17.9 Å². The summed E-state index contributed by atoms with van der Waals surface area (Å²) in [6, 6.07) is 14.5. The number of fused-ring (bicyclic) bond motifs is 1. The van der Waals surface area contributed by atoms with Gasteiger partial charge in [-0.1, -0.05) is 18.2 Å². The minimum Gasteiger partial charge on any atom is -0.496 e. The smallest absolute Gasteiger partial charge is 0.248 e. The predicted molar refractivity (Wildman–Crippen MR) is 109 cm³/mol. The zero-order valence-corrected chi connectivity index (χ0v) is 16.8. The fraction of sp³-hybridized carbons (Fsp3) is 0.200. The van der Waals surface area contributed by atoms with E-state index in [1.807, 2.05) is 18.2 Å². The SMILES string of the molecule is COc1ccccc1CNC(=O)CN(C)S(=O)(=O)c1ccc2[nH]c(=O)ccc2c1. The molecule has 1 heterocycles. The van der Waals surface area contributed by atoms with Gasteiger partial charge in [-0.25, -0.2) is 8.42 Å². The predicted octanol–water partition coefficient (Wildman–Crippen LogP) is 1.47. The highest BCUT2D eigenvalue weighted by atomic mass is 32.2. The van der Waals surface area contributed by atoms with E-state index in [1.165, 1.54) is 31.3 Å². The molecule has 1 amide bonds. The summed E-state index contributed by atoms with van der Waals surface area (Å²) in [5.41, 5.74) is 1.06. The van der Waals surface area contributed by atoms with E-state index in [-0.39, 0.29) is 23.5 Å². The van der Waals surface area contributed by atoms with Gasteiger partial charge in [0.2, 0.25) is 21.5 Å². The molecule has 0 fully saturated rings. The average molecular weight is 415 g/mol. The van der Waals surface area contributed by atoms with Crippen LogP contribution in [0.2, 0.25) is 0 Å². The van der Waals surface area contributed by atoms with Crippen LogP contribution in [0.3, 0.4) is 0 Å². The molecule has 152 valence electrons. The maximum Gasteiger partial charge on any atom is 0.248 e. The van der Waals surface area contributed by atoms with E-state index >= 15 is 0 Å². The van der Waals surface area contributed by atoms with Gasteiger partial charge in [-0.2, -0.15) is 4.31 Å². The van der Waals surface area contributed by atoms with Crippen LogP contribution >= 0.6 is 0 Å². The number of benzene rings is 2. The Hall–Kier alpha value is -3.17.